The Labute approximate surface area is 204 Å². The molecular formula is C25H35F3N4O3. The second-order valence-electron chi connectivity index (χ2n) is 10.3. The van der Waals surface area contributed by atoms with E-state index in [1.165, 1.54) is 11.0 Å². The number of piperidine rings is 1. The molecule has 3 fully saturated rings. The molecule has 2 saturated heterocycles. The van der Waals surface area contributed by atoms with Crippen LogP contribution in [0.3, 0.4) is 0 Å². The van der Waals surface area contributed by atoms with Crippen LogP contribution in [-0.4, -0.2) is 97.1 Å². The first-order valence-electron chi connectivity index (χ1n) is 12.3. The van der Waals surface area contributed by atoms with E-state index in [-0.39, 0.29) is 36.3 Å². The Balaban J connectivity index is 1.44. The summed E-state index contributed by atoms with van der Waals surface area (Å²) in [7, 11) is 3.32. The Morgan fingerprint density at radius 1 is 1.17 bits per heavy atom. The van der Waals surface area contributed by atoms with Gasteiger partial charge in [0.1, 0.15) is 6.04 Å². The van der Waals surface area contributed by atoms with Crippen LogP contribution >= 0.6 is 0 Å². The maximum Gasteiger partial charge on any atom is 0.416 e. The highest BCUT2D eigenvalue weighted by molar-refractivity contribution is 5.88. The Morgan fingerprint density at radius 2 is 1.91 bits per heavy atom. The highest BCUT2D eigenvalue weighted by Crippen LogP contribution is 2.53. The van der Waals surface area contributed by atoms with Crippen molar-refractivity contribution in [3.05, 3.63) is 29.8 Å². The molecule has 1 aromatic carbocycles. The molecule has 1 spiro atoms. The molecule has 2 amide bonds. The lowest BCUT2D eigenvalue weighted by Crippen LogP contribution is -2.52. The molecule has 0 radical (unpaired) electrons. The number of rotatable bonds is 6. The van der Waals surface area contributed by atoms with Crippen LogP contribution in [0.25, 0.3) is 0 Å². The van der Waals surface area contributed by atoms with Gasteiger partial charge in [-0.15, -0.1) is 0 Å². The van der Waals surface area contributed by atoms with Crippen molar-refractivity contribution < 1.29 is 27.9 Å². The third-order valence-corrected chi connectivity index (χ3v) is 7.84. The van der Waals surface area contributed by atoms with E-state index in [1.54, 1.807) is 30.0 Å². The Bertz CT molecular complexity index is 935. The first-order chi connectivity index (χ1) is 16.5. The number of benzene rings is 1. The molecule has 194 valence electrons. The molecular weight excluding hydrogens is 461 g/mol. The largest absolute Gasteiger partial charge is 0.416 e. The van der Waals surface area contributed by atoms with Gasteiger partial charge < -0.3 is 24.7 Å². The number of aliphatic hydroxyl groups excluding tert-OH is 1. The second kappa shape index (κ2) is 9.97. The number of β-amino-alcohol motifs (C(OH)–C–C–N with tert-alkyl or cyclic N) is 1. The Kier molecular flexibility index (Phi) is 7.33. The summed E-state index contributed by atoms with van der Waals surface area (Å²) in [4.78, 5) is 33.2. The van der Waals surface area contributed by atoms with Crippen molar-refractivity contribution in [2.24, 2.45) is 5.41 Å². The zero-order valence-electron chi connectivity index (χ0n) is 20.4. The quantitative estimate of drug-likeness (QED) is 0.656. The molecule has 2 aliphatic heterocycles. The van der Waals surface area contributed by atoms with Gasteiger partial charge in [0.15, 0.2) is 0 Å². The van der Waals surface area contributed by atoms with Crippen LogP contribution in [0.2, 0.25) is 0 Å². The maximum absolute atomic E-state index is 13.2. The molecule has 7 nitrogen and oxygen atoms in total. The molecule has 0 bridgehead atoms. The summed E-state index contributed by atoms with van der Waals surface area (Å²) < 4.78 is 39.5. The van der Waals surface area contributed by atoms with Crippen molar-refractivity contribution >= 4 is 17.5 Å². The van der Waals surface area contributed by atoms with E-state index in [2.05, 4.69) is 4.90 Å². The van der Waals surface area contributed by atoms with E-state index in [0.29, 0.717) is 38.3 Å². The summed E-state index contributed by atoms with van der Waals surface area (Å²) >= 11 is 0. The van der Waals surface area contributed by atoms with Crippen molar-refractivity contribution in [3.63, 3.8) is 0 Å². The summed E-state index contributed by atoms with van der Waals surface area (Å²) in [5, 5.41) is 10.5. The summed E-state index contributed by atoms with van der Waals surface area (Å²) in [6.07, 6.45) is -1.10. The molecule has 4 rings (SSSR count). The fourth-order valence-electron chi connectivity index (χ4n) is 5.35. The standard InChI is InChI=1S/C25H35F3N4O3/c1-29(2)23(35)20(6-11-30-13-10-24(8-9-24)21(33)17-30)32-15-14-31(12-7-22(32)34)19-5-3-4-18(16-19)25(26,27)28/h3-5,16,20-21,33H,6-15,17H2,1-2H3/t20-,21-/m1/s1. The van der Waals surface area contributed by atoms with Crippen LogP contribution < -0.4 is 4.90 Å². The lowest BCUT2D eigenvalue weighted by atomic mass is 9.90. The minimum absolute atomic E-state index is 0.100. The number of aliphatic hydroxyl groups is 1. The van der Waals surface area contributed by atoms with Gasteiger partial charge >= 0.3 is 6.18 Å². The average molecular weight is 497 g/mol. The third kappa shape index (κ3) is 5.74. The van der Waals surface area contributed by atoms with Crippen molar-refractivity contribution in [3.8, 4) is 0 Å². The van der Waals surface area contributed by atoms with Crippen LogP contribution in [0, 0.1) is 5.41 Å². The zero-order valence-corrected chi connectivity index (χ0v) is 20.4. The van der Waals surface area contributed by atoms with E-state index < -0.39 is 17.8 Å². The van der Waals surface area contributed by atoms with Crippen LogP contribution in [0.1, 0.15) is 37.7 Å². The average Bonchev–Trinajstić information content (AvgIpc) is 3.61. The van der Waals surface area contributed by atoms with Gasteiger partial charge in [0.25, 0.3) is 0 Å². The lowest BCUT2D eigenvalue weighted by Gasteiger charge is -2.38. The lowest BCUT2D eigenvalue weighted by molar-refractivity contribution is -0.144. The number of amides is 2. The number of hydrogen-bond donors (Lipinski definition) is 1. The van der Waals surface area contributed by atoms with Gasteiger partial charge in [-0.3, -0.25) is 9.59 Å². The SMILES string of the molecule is CN(C)C(=O)[C@@H](CCN1CCC2(CC2)[C@H](O)C1)N1CCN(c2cccc(C(F)(F)F)c2)CCC1=O. The van der Waals surface area contributed by atoms with Gasteiger partial charge in [0.2, 0.25) is 11.8 Å². The molecule has 0 aromatic heterocycles. The molecule has 0 unspecified atom stereocenters. The monoisotopic (exact) mass is 496 g/mol. The van der Waals surface area contributed by atoms with Gasteiger partial charge in [-0.25, -0.2) is 0 Å². The number of halogens is 3. The molecule has 1 N–H and O–H groups in total. The van der Waals surface area contributed by atoms with Crippen LogP contribution in [0.15, 0.2) is 24.3 Å². The number of alkyl halides is 3. The first-order valence-corrected chi connectivity index (χ1v) is 12.3. The summed E-state index contributed by atoms with van der Waals surface area (Å²) in [5.41, 5.74) is -0.204. The van der Waals surface area contributed by atoms with Gasteiger partial charge in [-0.2, -0.15) is 13.2 Å². The molecule has 1 aliphatic carbocycles. The summed E-state index contributed by atoms with van der Waals surface area (Å²) in [6, 6.07) is 4.49. The topological polar surface area (TPSA) is 67.3 Å². The van der Waals surface area contributed by atoms with E-state index in [4.69, 9.17) is 0 Å². The van der Waals surface area contributed by atoms with Crippen molar-refractivity contribution in [1.29, 1.82) is 0 Å². The number of anilines is 1. The van der Waals surface area contributed by atoms with Gasteiger partial charge in [-0.05, 0) is 55.8 Å². The smallest absolute Gasteiger partial charge is 0.391 e. The van der Waals surface area contributed by atoms with Crippen LogP contribution in [-0.2, 0) is 15.8 Å². The van der Waals surface area contributed by atoms with Crippen molar-refractivity contribution in [2.45, 2.75) is 50.4 Å². The number of likely N-dealkylation sites (N-methyl/N-ethyl adjacent to an activating group) is 1. The number of carbonyl (C=O) groups is 2. The maximum atomic E-state index is 13.2. The van der Waals surface area contributed by atoms with Gasteiger partial charge in [0, 0.05) is 58.9 Å². The number of nitrogens with zero attached hydrogens (tertiary/aromatic N) is 4. The van der Waals surface area contributed by atoms with E-state index in [0.717, 1.165) is 37.9 Å². The van der Waals surface area contributed by atoms with Crippen molar-refractivity contribution in [2.75, 3.05) is 58.3 Å². The number of hydrogen-bond acceptors (Lipinski definition) is 5. The van der Waals surface area contributed by atoms with Gasteiger partial charge in [-0.1, -0.05) is 6.07 Å². The molecule has 10 heteroatoms. The van der Waals surface area contributed by atoms with Crippen LogP contribution in [0.4, 0.5) is 18.9 Å². The normalized spacial score (nSPS) is 23.8. The molecule has 1 aromatic rings. The third-order valence-electron chi connectivity index (χ3n) is 7.84. The molecule has 1 saturated carbocycles. The predicted molar refractivity (Wildman–Crippen MR) is 126 cm³/mol. The number of likely N-dealkylation sites (tertiary alicyclic amines) is 1. The Morgan fingerprint density at radius 3 is 2.54 bits per heavy atom. The van der Waals surface area contributed by atoms with Gasteiger partial charge in [0.05, 0.1) is 11.7 Å². The highest BCUT2D eigenvalue weighted by Gasteiger charge is 2.51. The fourth-order valence-corrected chi connectivity index (χ4v) is 5.35. The predicted octanol–water partition coefficient (Wildman–Crippen LogP) is 2.44. The molecule has 2 heterocycles. The van der Waals surface area contributed by atoms with E-state index in [9.17, 15) is 27.9 Å². The minimum Gasteiger partial charge on any atom is -0.391 e. The first kappa shape index (κ1) is 25.8. The van der Waals surface area contributed by atoms with E-state index >= 15 is 0 Å². The second-order valence-corrected chi connectivity index (χ2v) is 10.3. The highest BCUT2D eigenvalue weighted by atomic mass is 19.4. The minimum atomic E-state index is -4.44. The molecule has 2 atom stereocenters. The van der Waals surface area contributed by atoms with Crippen LogP contribution in [0.5, 0.6) is 0 Å². The van der Waals surface area contributed by atoms with Crippen molar-refractivity contribution in [1.82, 2.24) is 14.7 Å². The number of carbonyl (C=O) groups excluding carboxylic acids is 2. The summed E-state index contributed by atoms with van der Waals surface area (Å²) in [5.74, 6) is -0.336. The molecule has 3 aliphatic rings. The Hall–Kier alpha value is -2.33. The summed E-state index contributed by atoms with van der Waals surface area (Å²) in [6.45, 7) is 2.94. The zero-order chi connectivity index (χ0) is 25.4. The molecule has 35 heavy (non-hydrogen) atoms. The fraction of sp³-hybridized carbons (Fsp3) is 0.680. The van der Waals surface area contributed by atoms with E-state index in [1.807, 2.05) is 0 Å².